The lowest BCUT2D eigenvalue weighted by atomic mass is 10.1. The molecule has 1 amide bonds. The second-order valence-electron chi connectivity index (χ2n) is 2.96. The van der Waals surface area contributed by atoms with Crippen LogP contribution in [0.5, 0.6) is 5.75 Å². The number of primary amides is 1. The Labute approximate surface area is 80.0 Å². The van der Waals surface area contributed by atoms with E-state index in [0.717, 1.165) is 0 Å². The summed E-state index contributed by atoms with van der Waals surface area (Å²) in [7, 11) is 0. The van der Waals surface area contributed by atoms with Crippen molar-refractivity contribution in [3.63, 3.8) is 0 Å². The molecule has 2 rings (SSSR count). The fourth-order valence-electron chi connectivity index (χ4n) is 1.31. The molecule has 0 unspecified atom stereocenters. The highest BCUT2D eigenvalue weighted by atomic mass is 16.3. The van der Waals surface area contributed by atoms with Crippen LogP contribution in [0.3, 0.4) is 0 Å². The Morgan fingerprint density at radius 3 is 2.86 bits per heavy atom. The Balaban J connectivity index is 2.73. The first-order valence-corrected chi connectivity index (χ1v) is 4.05. The molecule has 3 N–H and O–H groups in total. The number of nitrogens with zero attached hydrogens (tertiary/aromatic N) is 1. The van der Waals surface area contributed by atoms with Crippen LogP contribution in [0.15, 0.2) is 30.6 Å². The second kappa shape index (κ2) is 2.99. The molecule has 0 aliphatic heterocycles. The van der Waals surface area contributed by atoms with Crippen molar-refractivity contribution in [2.45, 2.75) is 0 Å². The topological polar surface area (TPSA) is 76.2 Å². The Kier molecular flexibility index (Phi) is 1.81. The van der Waals surface area contributed by atoms with Crippen molar-refractivity contribution in [1.82, 2.24) is 4.98 Å². The Morgan fingerprint density at radius 2 is 2.14 bits per heavy atom. The Hall–Kier alpha value is -2.10. The van der Waals surface area contributed by atoms with E-state index in [0.29, 0.717) is 16.3 Å². The van der Waals surface area contributed by atoms with Crippen LogP contribution in [-0.2, 0) is 0 Å². The quantitative estimate of drug-likeness (QED) is 0.701. The standard InChI is InChI=1S/C10H8N2O2/c11-10(14)6-1-2-8-7(3-6)4-12-5-9(8)13/h1-5,13H,(H2,11,14). The van der Waals surface area contributed by atoms with Gasteiger partial charge in [0.1, 0.15) is 5.75 Å². The van der Waals surface area contributed by atoms with E-state index >= 15 is 0 Å². The lowest BCUT2D eigenvalue weighted by Gasteiger charge is -2.01. The van der Waals surface area contributed by atoms with Gasteiger partial charge in [0.05, 0.1) is 6.20 Å². The molecule has 0 aliphatic carbocycles. The van der Waals surface area contributed by atoms with Crippen molar-refractivity contribution in [2.75, 3.05) is 0 Å². The van der Waals surface area contributed by atoms with Gasteiger partial charge in [-0.25, -0.2) is 0 Å². The van der Waals surface area contributed by atoms with Crippen LogP contribution < -0.4 is 5.73 Å². The number of carbonyl (C=O) groups is 1. The number of rotatable bonds is 1. The summed E-state index contributed by atoms with van der Waals surface area (Å²) in [6, 6.07) is 4.82. The number of hydrogen-bond acceptors (Lipinski definition) is 3. The Bertz CT molecular complexity index is 508. The van der Waals surface area contributed by atoms with Gasteiger partial charge < -0.3 is 10.8 Å². The zero-order valence-corrected chi connectivity index (χ0v) is 7.27. The Morgan fingerprint density at radius 1 is 1.36 bits per heavy atom. The molecule has 1 aromatic heterocycles. The lowest BCUT2D eigenvalue weighted by Crippen LogP contribution is -2.10. The van der Waals surface area contributed by atoms with Crippen LogP contribution in [0, 0.1) is 0 Å². The number of aromatic hydroxyl groups is 1. The molecule has 4 heteroatoms. The monoisotopic (exact) mass is 188 g/mol. The smallest absolute Gasteiger partial charge is 0.248 e. The fourth-order valence-corrected chi connectivity index (χ4v) is 1.31. The van der Waals surface area contributed by atoms with Gasteiger partial charge in [-0.2, -0.15) is 0 Å². The van der Waals surface area contributed by atoms with Gasteiger partial charge in [0.2, 0.25) is 5.91 Å². The van der Waals surface area contributed by atoms with Crippen molar-refractivity contribution in [3.8, 4) is 5.75 Å². The van der Waals surface area contributed by atoms with Crippen LogP contribution >= 0.6 is 0 Å². The maximum absolute atomic E-state index is 10.9. The molecule has 0 fully saturated rings. The number of hydrogen-bond donors (Lipinski definition) is 2. The number of fused-ring (bicyclic) bond motifs is 1. The van der Waals surface area contributed by atoms with E-state index in [1.54, 1.807) is 24.4 Å². The second-order valence-corrected chi connectivity index (χ2v) is 2.96. The van der Waals surface area contributed by atoms with Gasteiger partial charge in [-0.05, 0) is 18.2 Å². The SMILES string of the molecule is NC(=O)c1ccc2c(O)cncc2c1. The van der Waals surface area contributed by atoms with E-state index in [-0.39, 0.29) is 5.75 Å². The number of aromatic nitrogens is 1. The van der Waals surface area contributed by atoms with Crippen molar-refractivity contribution in [3.05, 3.63) is 36.2 Å². The van der Waals surface area contributed by atoms with Gasteiger partial charge >= 0.3 is 0 Å². The minimum Gasteiger partial charge on any atom is -0.506 e. The highest BCUT2D eigenvalue weighted by Gasteiger charge is 2.03. The summed E-state index contributed by atoms with van der Waals surface area (Å²) >= 11 is 0. The minimum absolute atomic E-state index is 0.0959. The summed E-state index contributed by atoms with van der Waals surface area (Å²) in [6.45, 7) is 0. The maximum atomic E-state index is 10.9. The summed E-state index contributed by atoms with van der Waals surface area (Å²) in [5.74, 6) is -0.395. The number of nitrogens with two attached hydrogens (primary N) is 1. The van der Waals surface area contributed by atoms with Crippen LogP contribution in [0.1, 0.15) is 10.4 Å². The van der Waals surface area contributed by atoms with Crippen LogP contribution in [0.4, 0.5) is 0 Å². The van der Waals surface area contributed by atoms with Gasteiger partial charge in [-0.1, -0.05) is 0 Å². The molecule has 1 heterocycles. The van der Waals surface area contributed by atoms with E-state index in [4.69, 9.17) is 5.73 Å². The number of benzene rings is 1. The maximum Gasteiger partial charge on any atom is 0.248 e. The predicted molar refractivity (Wildman–Crippen MR) is 51.9 cm³/mol. The molecule has 0 spiro atoms. The van der Waals surface area contributed by atoms with Gasteiger partial charge in [0, 0.05) is 22.5 Å². The normalized spacial score (nSPS) is 10.3. The third-order valence-electron chi connectivity index (χ3n) is 2.02. The molecule has 4 nitrogen and oxygen atoms in total. The molecule has 0 saturated carbocycles. The first kappa shape index (κ1) is 8.50. The average molecular weight is 188 g/mol. The fraction of sp³-hybridized carbons (Fsp3) is 0. The van der Waals surface area contributed by atoms with Crippen LogP contribution in [-0.4, -0.2) is 16.0 Å². The number of pyridine rings is 1. The van der Waals surface area contributed by atoms with E-state index in [1.165, 1.54) is 6.20 Å². The van der Waals surface area contributed by atoms with Gasteiger partial charge in [0.15, 0.2) is 0 Å². The molecule has 0 saturated heterocycles. The molecular weight excluding hydrogens is 180 g/mol. The summed E-state index contributed by atoms with van der Waals surface area (Å²) < 4.78 is 0. The largest absolute Gasteiger partial charge is 0.506 e. The minimum atomic E-state index is -0.491. The molecule has 14 heavy (non-hydrogen) atoms. The van der Waals surface area contributed by atoms with Crippen molar-refractivity contribution in [2.24, 2.45) is 5.73 Å². The summed E-state index contributed by atoms with van der Waals surface area (Å²) in [6.07, 6.45) is 2.92. The van der Waals surface area contributed by atoms with Gasteiger partial charge in [-0.15, -0.1) is 0 Å². The van der Waals surface area contributed by atoms with E-state index in [2.05, 4.69) is 4.98 Å². The summed E-state index contributed by atoms with van der Waals surface area (Å²) in [5, 5.41) is 10.8. The lowest BCUT2D eigenvalue weighted by molar-refractivity contribution is 0.100. The zero-order valence-electron chi connectivity index (χ0n) is 7.27. The summed E-state index contributed by atoms with van der Waals surface area (Å²) in [4.78, 5) is 14.7. The third kappa shape index (κ3) is 1.26. The van der Waals surface area contributed by atoms with E-state index in [1.807, 2.05) is 0 Å². The first-order chi connectivity index (χ1) is 6.68. The first-order valence-electron chi connectivity index (χ1n) is 4.05. The molecule has 1 aromatic carbocycles. The highest BCUT2D eigenvalue weighted by molar-refractivity contribution is 5.98. The van der Waals surface area contributed by atoms with Crippen LogP contribution in [0.25, 0.3) is 10.8 Å². The molecule has 0 atom stereocenters. The molecule has 0 radical (unpaired) electrons. The van der Waals surface area contributed by atoms with E-state index < -0.39 is 5.91 Å². The van der Waals surface area contributed by atoms with E-state index in [9.17, 15) is 9.90 Å². The van der Waals surface area contributed by atoms with Gasteiger partial charge in [-0.3, -0.25) is 9.78 Å². The third-order valence-corrected chi connectivity index (χ3v) is 2.02. The van der Waals surface area contributed by atoms with Crippen LogP contribution in [0.2, 0.25) is 0 Å². The average Bonchev–Trinajstić information content (AvgIpc) is 2.17. The molecule has 70 valence electrons. The molecule has 0 aliphatic rings. The molecular formula is C10H8N2O2. The van der Waals surface area contributed by atoms with Gasteiger partial charge in [0.25, 0.3) is 0 Å². The van der Waals surface area contributed by atoms with Crippen molar-refractivity contribution < 1.29 is 9.90 Å². The van der Waals surface area contributed by atoms with Crippen molar-refractivity contribution >= 4 is 16.7 Å². The number of carbonyl (C=O) groups excluding carboxylic acids is 1. The predicted octanol–water partition coefficient (Wildman–Crippen LogP) is 1.04. The summed E-state index contributed by atoms with van der Waals surface area (Å²) in [5.41, 5.74) is 5.53. The number of amides is 1. The van der Waals surface area contributed by atoms with Crippen molar-refractivity contribution in [1.29, 1.82) is 0 Å². The highest BCUT2D eigenvalue weighted by Crippen LogP contribution is 2.23. The molecule has 0 bridgehead atoms. The zero-order chi connectivity index (χ0) is 10.1. The molecule has 2 aromatic rings.